The summed E-state index contributed by atoms with van der Waals surface area (Å²) >= 11 is 0. The summed E-state index contributed by atoms with van der Waals surface area (Å²) in [6, 6.07) is 0.193. The summed E-state index contributed by atoms with van der Waals surface area (Å²) in [4.78, 5) is 2.39. The molecule has 0 bridgehead atoms. The number of nitrogens with zero attached hydrogens (tertiary/aromatic N) is 2. The van der Waals surface area contributed by atoms with Crippen LogP contribution in [0.1, 0.15) is 34.6 Å². The van der Waals surface area contributed by atoms with Crippen molar-refractivity contribution in [3.8, 4) is 0 Å². The van der Waals surface area contributed by atoms with Crippen LogP contribution >= 0.6 is 0 Å². The van der Waals surface area contributed by atoms with Crippen LogP contribution in [0.4, 0.5) is 0 Å². The minimum Gasteiger partial charge on any atom is -0.297 e. The minimum absolute atomic E-state index is 0.193. The summed E-state index contributed by atoms with van der Waals surface area (Å²) in [7, 11) is -1.90. The van der Waals surface area contributed by atoms with Gasteiger partial charge in [0.05, 0.1) is 6.04 Å². The van der Waals surface area contributed by atoms with Gasteiger partial charge in [0.2, 0.25) is 0 Å². The first-order valence-electron chi connectivity index (χ1n) is 5.70. The summed E-state index contributed by atoms with van der Waals surface area (Å²) in [5.41, 5.74) is 0.193. The summed E-state index contributed by atoms with van der Waals surface area (Å²) < 4.78 is 16.7. The molecule has 4 heteroatoms. The van der Waals surface area contributed by atoms with E-state index >= 15 is 0 Å². The third-order valence-electron chi connectivity index (χ3n) is 2.71. The zero-order chi connectivity index (χ0) is 11.7. The molecule has 0 amide bonds. The van der Waals surface area contributed by atoms with Crippen molar-refractivity contribution in [3.63, 3.8) is 0 Å². The number of hydrogen-bond donors (Lipinski definition) is 0. The molecule has 0 spiro atoms. The molecule has 0 radical (unpaired) electrons. The lowest BCUT2D eigenvalue weighted by atomic mass is 10.1. The lowest BCUT2D eigenvalue weighted by molar-refractivity contribution is 0.151. The SMILES string of the molecule is CC(C)N=S1(=O)CCN(C(C)(C)C)CC1. The summed E-state index contributed by atoms with van der Waals surface area (Å²) in [6.07, 6.45) is 0. The van der Waals surface area contributed by atoms with Gasteiger partial charge in [-0.1, -0.05) is 0 Å². The van der Waals surface area contributed by atoms with Crippen LogP contribution < -0.4 is 0 Å². The third kappa shape index (κ3) is 3.76. The second-order valence-electron chi connectivity index (χ2n) is 5.54. The molecule has 0 aromatic heterocycles. The molecule has 0 unspecified atom stereocenters. The maximum absolute atomic E-state index is 12.3. The molecule has 90 valence electrons. The van der Waals surface area contributed by atoms with Crippen LogP contribution in [-0.2, 0) is 9.73 Å². The topological polar surface area (TPSA) is 32.7 Å². The van der Waals surface area contributed by atoms with Crippen molar-refractivity contribution in [1.82, 2.24) is 4.90 Å². The molecule has 1 heterocycles. The van der Waals surface area contributed by atoms with Crippen LogP contribution in [0.15, 0.2) is 4.36 Å². The van der Waals surface area contributed by atoms with Crippen LogP contribution in [0.3, 0.4) is 0 Å². The molecule has 0 aromatic rings. The maximum atomic E-state index is 12.3. The Bertz CT molecular complexity index is 308. The first kappa shape index (κ1) is 13.0. The highest BCUT2D eigenvalue weighted by atomic mass is 32.2. The van der Waals surface area contributed by atoms with Gasteiger partial charge in [0.25, 0.3) is 0 Å². The molecule has 3 nitrogen and oxygen atoms in total. The molecule has 1 rings (SSSR count). The first-order chi connectivity index (χ1) is 6.73. The first-order valence-corrected chi connectivity index (χ1v) is 7.55. The highest BCUT2D eigenvalue weighted by molar-refractivity contribution is 7.93. The quantitative estimate of drug-likeness (QED) is 0.692. The van der Waals surface area contributed by atoms with E-state index < -0.39 is 9.73 Å². The van der Waals surface area contributed by atoms with E-state index in [0.29, 0.717) is 0 Å². The van der Waals surface area contributed by atoms with Crippen LogP contribution in [0.25, 0.3) is 0 Å². The Morgan fingerprint density at radius 2 is 1.67 bits per heavy atom. The molecular weight excluding hydrogens is 208 g/mol. The van der Waals surface area contributed by atoms with E-state index in [0.717, 1.165) is 24.6 Å². The van der Waals surface area contributed by atoms with Crippen LogP contribution in [0.5, 0.6) is 0 Å². The van der Waals surface area contributed by atoms with Crippen molar-refractivity contribution in [2.75, 3.05) is 24.6 Å². The normalized spacial score (nSPS) is 23.1. The van der Waals surface area contributed by atoms with Gasteiger partial charge in [0.15, 0.2) is 0 Å². The van der Waals surface area contributed by atoms with E-state index in [1.165, 1.54) is 0 Å². The molecule has 0 atom stereocenters. The van der Waals surface area contributed by atoms with Crippen molar-refractivity contribution >= 4 is 9.73 Å². The Morgan fingerprint density at radius 1 is 1.20 bits per heavy atom. The summed E-state index contributed by atoms with van der Waals surface area (Å²) in [5.74, 6) is 1.48. The summed E-state index contributed by atoms with van der Waals surface area (Å²) in [5, 5.41) is 0. The second-order valence-corrected chi connectivity index (χ2v) is 8.11. The monoisotopic (exact) mass is 232 g/mol. The fourth-order valence-corrected chi connectivity index (χ4v) is 4.07. The zero-order valence-electron chi connectivity index (χ0n) is 10.6. The predicted molar refractivity (Wildman–Crippen MR) is 66.8 cm³/mol. The van der Waals surface area contributed by atoms with Crippen molar-refractivity contribution in [3.05, 3.63) is 0 Å². The van der Waals surface area contributed by atoms with Gasteiger partial charge in [-0.3, -0.25) is 4.90 Å². The van der Waals surface area contributed by atoms with Gasteiger partial charge in [-0.2, -0.15) is 0 Å². The highest BCUT2D eigenvalue weighted by Gasteiger charge is 2.27. The fourth-order valence-electron chi connectivity index (χ4n) is 1.88. The van der Waals surface area contributed by atoms with Gasteiger partial charge in [0, 0.05) is 39.9 Å². The Morgan fingerprint density at radius 3 is 2.00 bits per heavy atom. The number of rotatable bonds is 1. The van der Waals surface area contributed by atoms with E-state index in [1.807, 2.05) is 13.8 Å². The minimum atomic E-state index is -1.90. The van der Waals surface area contributed by atoms with E-state index in [2.05, 4.69) is 30.0 Å². The van der Waals surface area contributed by atoms with Crippen molar-refractivity contribution in [1.29, 1.82) is 0 Å². The molecule has 0 aliphatic carbocycles. The Labute approximate surface area is 94.4 Å². The molecule has 0 N–H and O–H groups in total. The Kier molecular flexibility index (Phi) is 3.82. The summed E-state index contributed by atoms with van der Waals surface area (Å²) in [6.45, 7) is 12.5. The van der Waals surface area contributed by atoms with Gasteiger partial charge < -0.3 is 0 Å². The van der Waals surface area contributed by atoms with E-state index in [1.54, 1.807) is 0 Å². The molecule has 0 aromatic carbocycles. The van der Waals surface area contributed by atoms with Crippen molar-refractivity contribution in [2.45, 2.75) is 46.2 Å². The molecule has 1 aliphatic rings. The third-order valence-corrected chi connectivity index (χ3v) is 5.16. The van der Waals surface area contributed by atoms with Crippen LogP contribution in [0, 0.1) is 0 Å². The smallest absolute Gasteiger partial charge is 0.0537 e. The highest BCUT2D eigenvalue weighted by Crippen LogP contribution is 2.18. The van der Waals surface area contributed by atoms with E-state index in [-0.39, 0.29) is 11.6 Å². The number of hydrogen-bond acceptors (Lipinski definition) is 3. The zero-order valence-corrected chi connectivity index (χ0v) is 11.4. The molecule has 1 saturated heterocycles. The maximum Gasteiger partial charge on any atom is 0.0537 e. The Balaban J connectivity index is 2.68. The standard InChI is InChI=1S/C11H24N2OS/c1-10(2)12-15(14)8-6-13(7-9-15)11(3,4)5/h10H,6-9H2,1-5H3. The van der Waals surface area contributed by atoms with Crippen LogP contribution in [-0.4, -0.2) is 45.3 Å². The van der Waals surface area contributed by atoms with Gasteiger partial charge in [-0.25, -0.2) is 8.57 Å². The molecular formula is C11H24N2OS. The van der Waals surface area contributed by atoms with Gasteiger partial charge in [-0.05, 0) is 34.6 Å². The van der Waals surface area contributed by atoms with Crippen LogP contribution in [0.2, 0.25) is 0 Å². The largest absolute Gasteiger partial charge is 0.297 e. The van der Waals surface area contributed by atoms with Crippen molar-refractivity contribution in [2.24, 2.45) is 4.36 Å². The second kappa shape index (κ2) is 4.42. The molecule has 1 aliphatic heterocycles. The van der Waals surface area contributed by atoms with E-state index in [9.17, 15) is 4.21 Å². The lowest BCUT2D eigenvalue weighted by Gasteiger charge is -2.39. The van der Waals surface area contributed by atoms with Crippen molar-refractivity contribution < 1.29 is 4.21 Å². The van der Waals surface area contributed by atoms with Gasteiger partial charge in [-0.15, -0.1) is 0 Å². The molecule has 0 saturated carbocycles. The lowest BCUT2D eigenvalue weighted by Crippen LogP contribution is -2.49. The molecule has 15 heavy (non-hydrogen) atoms. The predicted octanol–water partition coefficient (Wildman–Crippen LogP) is 1.98. The Hall–Kier alpha value is -0.0900. The fraction of sp³-hybridized carbons (Fsp3) is 1.00. The van der Waals surface area contributed by atoms with E-state index in [4.69, 9.17) is 0 Å². The molecule has 1 fully saturated rings. The average Bonchev–Trinajstić information content (AvgIpc) is 2.00. The van der Waals surface area contributed by atoms with Gasteiger partial charge in [0.1, 0.15) is 0 Å². The average molecular weight is 232 g/mol. The van der Waals surface area contributed by atoms with Gasteiger partial charge >= 0.3 is 0 Å².